The first-order valence-electron chi connectivity index (χ1n) is 11.8. The smallest absolute Gasteiger partial charge is 0.0786 e. The Morgan fingerprint density at radius 1 is 1.00 bits per heavy atom. The zero-order valence-corrected chi connectivity index (χ0v) is 18.7. The number of fused-ring (bicyclic) bond motifs is 4. The molecule has 0 spiro atoms. The number of unbranched alkanes of at least 4 members (excludes halogenated alkanes) is 2. The molecule has 0 N–H and O–H groups in total. The predicted molar refractivity (Wildman–Crippen MR) is 128 cm³/mol. The van der Waals surface area contributed by atoms with E-state index in [4.69, 9.17) is 9.97 Å². The fourth-order valence-corrected chi connectivity index (χ4v) is 5.30. The summed E-state index contributed by atoms with van der Waals surface area (Å²) in [7, 11) is 2.24. The van der Waals surface area contributed by atoms with E-state index in [-0.39, 0.29) is 0 Å². The van der Waals surface area contributed by atoms with E-state index in [0.717, 1.165) is 25.9 Å². The molecular weight excluding hydrogens is 380 g/mol. The maximum Gasteiger partial charge on any atom is 0.0786 e. The second-order valence-corrected chi connectivity index (χ2v) is 8.90. The minimum absolute atomic E-state index is 0.361. The minimum atomic E-state index is 0.361. The van der Waals surface area contributed by atoms with Crippen LogP contribution in [-0.4, -0.2) is 26.5 Å². The van der Waals surface area contributed by atoms with Gasteiger partial charge in [0.05, 0.1) is 22.9 Å². The third-order valence-corrected chi connectivity index (χ3v) is 6.84. The lowest BCUT2D eigenvalue weighted by Crippen LogP contribution is -2.29. The largest absolute Gasteiger partial charge is 0.339 e. The molecule has 0 fully saturated rings. The molecule has 0 bridgehead atoms. The molecule has 0 saturated carbocycles. The number of pyridine rings is 2. The molecule has 3 aromatic heterocycles. The van der Waals surface area contributed by atoms with Gasteiger partial charge in [0, 0.05) is 41.8 Å². The monoisotopic (exact) mass is 412 g/mol. The first kappa shape index (κ1) is 20.2. The lowest BCUT2D eigenvalue weighted by molar-refractivity contribution is 0.207. The number of benzene rings is 1. The number of rotatable bonds is 7. The standard InChI is InChI=1S/C27H32N4/c1-3-4-7-18-31-24-13-6-5-12-21(24)22-15-17-28-23(27(22)31)19-30(2)25-14-8-10-20-11-9-16-29-26(20)25/h5-6,9,11-13,15-17,25H,3-4,7-8,10,14,18-19H2,1-2H3. The van der Waals surface area contributed by atoms with Crippen molar-refractivity contribution < 1.29 is 0 Å². The molecule has 1 atom stereocenters. The first-order valence-corrected chi connectivity index (χ1v) is 11.8. The molecular formula is C27H32N4. The van der Waals surface area contributed by atoms with Crippen molar-refractivity contribution in [1.29, 1.82) is 0 Å². The Morgan fingerprint density at radius 2 is 1.90 bits per heavy atom. The summed E-state index contributed by atoms with van der Waals surface area (Å²) in [6, 6.07) is 15.7. The van der Waals surface area contributed by atoms with Crippen LogP contribution < -0.4 is 0 Å². The van der Waals surface area contributed by atoms with Crippen molar-refractivity contribution >= 4 is 21.8 Å². The number of aromatic nitrogens is 3. The van der Waals surface area contributed by atoms with Gasteiger partial charge in [-0.3, -0.25) is 14.9 Å². The van der Waals surface area contributed by atoms with Crippen molar-refractivity contribution in [2.24, 2.45) is 0 Å². The maximum atomic E-state index is 4.90. The molecule has 1 aromatic carbocycles. The predicted octanol–water partition coefficient (Wildman–Crippen LogP) is 6.28. The molecule has 1 aliphatic carbocycles. The van der Waals surface area contributed by atoms with Gasteiger partial charge in [-0.25, -0.2) is 0 Å². The fourth-order valence-electron chi connectivity index (χ4n) is 5.30. The summed E-state index contributed by atoms with van der Waals surface area (Å²) in [5.74, 6) is 0. The van der Waals surface area contributed by atoms with Gasteiger partial charge in [-0.1, -0.05) is 44.0 Å². The highest BCUT2D eigenvalue weighted by Gasteiger charge is 2.26. The van der Waals surface area contributed by atoms with Crippen molar-refractivity contribution in [3.05, 3.63) is 71.8 Å². The van der Waals surface area contributed by atoms with Gasteiger partial charge in [0.25, 0.3) is 0 Å². The van der Waals surface area contributed by atoms with Gasteiger partial charge in [0.1, 0.15) is 0 Å². The Bertz CT molecular complexity index is 1190. The van der Waals surface area contributed by atoms with E-state index >= 15 is 0 Å². The van der Waals surface area contributed by atoms with Gasteiger partial charge >= 0.3 is 0 Å². The molecule has 160 valence electrons. The quantitative estimate of drug-likeness (QED) is 0.335. The van der Waals surface area contributed by atoms with Crippen LogP contribution in [0.15, 0.2) is 54.9 Å². The van der Waals surface area contributed by atoms with Crippen LogP contribution in [0.2, 0.25) is 0 Å². The maximum absolute atomic E-state index is 4.90. The number of para-hydroxylation sites is 1. The Balaban J connectivity index is 1.55. The van der Waals surface area contributed by atoms with E-state index in [1.165, 1.54) is 64.4 Å². The average Bonchev–Trinajstić information content (AvgIpc) is 3.14. The topological polar surface area (TPSA) is 34.0 Å². The highest BCUT2D eigenvalue weighted by molar-refractivity contribution is 6.08. The average molecular weight is 413 g/mol. The Hall–Kier alpha value is -2.72. The summed E-state index contributed by atoms with van der Waals surface area (Å²) in [6.45, 7) is 4.15. The zero-order valence-electron chi connectivity index (χ0n) is 18.7. The number of hydrogen-bond acceptors (Lipinski definition) is 3. The summed E-state index contributed by atoms with van der Waals surface area (Å²) in [5, 5.41) is 2.66. The second kappa shape index (κ2) is 8.80. The Labute approximate surface area is 184 Å². The number of nitrogens with zero attached hydrogens (tertiary/aromatic N) is 4. The molecule has 4 aromatic rings. The van der Waals surface area contributed by atoms with Crippen LogP contribution in [0.25, 0.3) is 21.8 Å². The van der Waals surface area contributed by atoms with Crippen LogP contribution in [0.1, 0.15) is 62.0 Å². The molecule has 0 aliphatic heterocycles. The molecule has 5 rings (SSSR count). The molecule has 3 heterocycles. The van der Waals surface area contributed by atoms with Gasteiger partial charge in [0.15, 0.2) is 0 Å². The Kier molecular flexibility index (Phi) is 5.73. The summed E-state index contributed by atoms with van der Waals surface area (Å²) in [5.41, 5.74) is 6.48. The summed E-state index contributed by atoms with van der Waals surface area (Å²) in [6.07, 6.45) is 11.2. The second-order valence-electron chi connectivity index (χ2n) is 8.90. The third-order valence-electron chi connectivity index (χ3n) is 6.84. The lowest BCUT2D eigenvalue weighted by atomic mass is 9.91. The molecule has 4 nitrogen and oxygen atoms in total. The highest BCUT2D eigenvalue weighted by atomic mass is 15.2. The zero-order chi connectivity index (χ0) is 21.2. The molecule has 4 heteroatoms. The highest BCUT2D eigenvalue weighted by Crippen LogP contribution is 2.35. The van der Waals surface area contributed by atoms with Gasteiger partial charge in [0.2, 0.25) is 0 Å². The van der Waals surface area contributed by atoms with Crippen molar-refractivity contribution in [3.63, 3.8) is 0 Å². The van der Waals surface area contributed by atoms with Crippen molar-refractivity contribution in [3.8, 4) is 0 Å². The van der Waals surface area contributed by atoms with Crippen LogP contribution in [0.4, 0.5) is 0 Å². The fraction of sp³-hybridized carbons (Fsp3) is 0.407. The van der Waals surface area contributed by atoms with Crippen molar-refractivity contribution in [1.82, 2.24) is 19.4 Å². The lowest BCUT2D eigenvalue weighted by Gasteiger charge is -2.32. The summed E-state index contributed by atoms with van der Waals surface area (Å²) >= 11 is 0. The van der Waals surface area contributed by atoms with Crippen LogP contribution in [0.3, 0.4) is 0 Å². The number of hydrogen-bond donors (Lipinski definition) is 0. The SMILES string of the molecule is CCCCCn1c2ccccc2c2ccnc(CN(C)C3CCCc4cccnc43)c21. The molecule has 0 amide bonds. The molecule has 31 heavy (non-hydrogen) atoms. The van der Waals surface area contributed by atoms with Crippen LogP contribution >= 0.6 is 0 Å². The third kappa shape index (κ3) is 3.74. The Morgan fingerprint density at radius 3 is 2.81 bits per heavy atom. The molecule has 1 aliphatic rings. The van der Waals surface area contributed by atoms with Crippen LogP contribution in [0.5, 0.6) is 0 Å². The normalized spacial score (nSPS) is 16.3. The summed E-state index contributed by atoms with van der Waals surface area (Å²) < 4.78 is 2.52. The van der Waals surface area contributed by atoms with Crippen LogP contribution in [0, 0.1) is 0 Å². The van der Waals surface area contributed by atoms with E-state index in [9.17, 15) is 0 Å². The van der Waals surface area contributed by atoms with E-state index in [2.05, 4.69) is 65.9 Å². The number of aryl methyl sites for hydroxylation is 2. The summed E-state index contributed by atoms with van der Waals surface area (Å²) in [4.78, 5) is 12.1. The molecule has 1 unspecified atom stereocenters. The molecule has 0 saturated heterocycles. The van der Waals surface area contributed by atoms with Gasteiger partial charge in [-0.05, 0) is 56.5 Å². The van der Waals surface area contributed by atoms with Crippen LogP contribution in [-0.2, 0) is 19.5 Å². The van der Waals surface area contributed by atoms with Gasteiger partial charge in [-0.15, -0.1) is 0 Å². The van der Waals surface area contributed by atoms with E-state index in [1.807, 2.05) is 12.4 Å². The van der Waals surface area contributed by atoms with Gasteiger partial charge < -0.3 is 4.57 Å². The van der Waals surface area contributed by atoms with E-state index in [1.54, 1.807) is 0 Å². The van der Waals surface area contributed by atoms with Gasteiger partial charge in [-0.2, -0.15) is 0 Å². The molecule has 0 radical (unpaired) electrons. The van der Waals surface area contributed by atoms with Crippen molar-refractivity contribution in [2.75, 3.05) is 7.05 Å². The van der Waals surface area contributed by atoms with E-state index in [0.29, 0.717) is 6.04 Å². The van der Waals surface area contributed by atoms with Crippen molar-refractivity contribution in [2.45, 2.75) is 64.6 Å². The van der Waals surface area contributed by atoms with E-state index < -0.39 is 0 Å². The minimum Gasteiger partial charge on any atom is -0.339 e. The first-order chi connectivity index (χ1) is 15.3.